The predicted octanol–water partition coefficient (Wildman–Crippen LogP) is 2.00. The van der Waals surface area contributed by atoms with E-state index in [1.54, 1.807) is 30.2 Å². The Hall–Kier alpha value is -1.50. The molecule has 20 heavy (non-hydrogen) atoms. The fraction of sp³-hybridized carbons (Fsp3) is 0.0769. The second-order valence-corrected chi connectivity index (χ2v) is 5.50. The molecule has 2 aromatic rings. The van der Waals surface area contributed by atoms with Crippen LogP contribution in [0.5, 0.6) is 0 Å². The number of benzene rings is 1. The molecule has 0 radical (unpaired) electrons. The van der Waals surface area contributed by atoms with Crippen molar-refractivity contribution in [3.05, 3.63) is 47.2 Å². The number of thioether (sulfide) groups is 1. The molecule has 0 fully saturated rings. The summed E-state index contributed by atoms with van der Waals surface area (Å²) in [4.78, 5) is 6.70. The van der Waals surface area contributed by atoms with E-state index in [1.807, 2.05) is 30.5 Å². The van der Waals surface area contributed by atoms with E-state index >= 15 is 0 Å². The van der Waals surface area contributed by atoms with Crippen LogP contribution in [-0.4, -0.2) is 29.5 Å². The molecule has 7 heteroatoms. The molecule has 0 spiro atoms. The standard InChI is InChI=1S/C13H11BClN3OS/c1-20-11-4-2-10(3-5-11)18-14(19)12-9(8-17-18)6-7-16-13(12)15/h2-8,19H,1H3. The highest BCUT2D eigenvalue weighted by molar-refractivity contribution is 7.98. The first-order valence-electron chi connectivity index (χ1n) is 6.00. The summed E-state index contributed by atoms with van der Waals surface area (Å²) >= 11 is 7.74. The Morgan fingerprint density at radius 3 is 2.70 bits per heavy atom. The lowest BCUT2D eigenvalue weighted by molar-refractivity contribution is 0.578. The van der Waals surface area contributed by atoms with E-state index < -0.39 is 7.05 Å². The Labute approximate surface area is 126 Å². The van der Waals surface area contributed by atoms with E-state index in [1.165, 1.54) is 4.92 Å². The van der Waals surface area contributed by atoms with Gasteiger partial charge in [0.25, 0.3) is 0 Å². The molecule has 0 amide bonds. The molecule has 3 rings (SSSR count). The van der Waals surface area contributed by atoms with Gasteiger partial charge in [0.2, 0.25) is 0 Å². The normalized spacial score (nSPS) is 13.6. The van der Waals surface area contributed by atoms with Gasteiger partial charge in [0, 0.05) is 22.2 Å². The fourth-order valence-corrected chi connectivity index (χ4v) is 2.75. The second-order valence-electron chi connectivity index (χ2n) is 4.27. The molecule has 0 atom stereocenters. The molecule has 0 saturated carbocycles. The van der Waals surface area contributed by atoms with Gasteiger partial charge in [-0.1, -0.05) is 11.6 Å². The summed E-state index contributed by atoms with van der Waals surface area (Å²) in [7, 11) is -0.934. The van der Waals surface area contributed by atoms with Crippen molar-refractivity contribution in [3.63, 3.8) is 0 Å². The number of hydrazone groups is 1. The summed E-state index contributed by atoms with van der Waals surface area (Å²) in [6.07, 6.45) is 5.30. The average Bonchev–Trinajstić information content (AvgIpc) is 2.48. The Kier molecular flexibility index (Phi) is 3.69. The topological polar surface area (TPSA) is 48.7 Å². The van der Waals surface area contributed by atoms with Crippen LogP contribution in [0.1, 0.15) is 5.56 Å². The minimum absolute atomic E-state index is 0.298. The zero-order valence-corrected chi connectivity index (χ0v) is 12.3. The average molecular weight is 304 g/mol. The summed E-state index contributed by atoms with van der Waals surface area (Å²) in [5.74, 6) is 0. The molecule has 0 unspecified atom stereocenters. The van der Waals surface area contributed by atoms with E-state index in [9.17, 15) is 5.02 Å². The Morgan fingerprint density at radius 2 is 2.00 bits per heavy atom. The first kappa shape index (κ1) is 13.5. The molecule has 100 valence electrons. The van der Waals surface area contributed by atoms with Gasteiger partial charge in [0.1, 0.15) is 5.15 Å². The van der Waals surface area contributed by atoms with Crippen LogP contribution < -0.4 is 10.4 Å². The van der Waals surface area contributed by atoms with Crippen LogP contribution in [0.3, 0.4) is 0 Å². The highest BCUT2D eigenvalue weighted by Crippen LogP contribution is 2.23. The van der Waals surface area contributed by atoms with E-state index in [4.69, 9.17) is 11.6 Å². The lowest BCUT2D eigenvalue weighted by Crippen LogP contribution is -2.50. The van der Waals surface area contributed by atoms with Crippen molar-refractivity contribution < 1.29 is 5.02 Å². The zero-order chi connectivity index (χ0) is 14.1. The molecule has 2 heterocycles. The third-order valence-corrected chi connectivity index (χ3v) is 4.17. The van der Waals surface area contributed by atoms with Crippen LogP contribution in [0.4, 0.5) is 5.69 Å². The molecule has 1 aromatic carbocycles. The zero-order valence-electron chi connectivity index (χ0n) is 10.7. The van der Waals surface area contributed by atoms with Crippen LogP contribution >= 0.6 is 23.4 Å². The maximum Gasteiger partial charge on any atom is 0.474 e. The first-order valence-corrected chi connectivity index (χ1v) is 7.60. The van der Waals surface area contributed by atoms with Crippen LogP contribution in [-0.2, 0) is 0 Å². The van der Waals surface area contributed by atoms with Crippen LogP contribution in [0.25, 0.3) is 0 Å². The van der Waals surface area contributed by atoms with Crippen LogP contribution in [0.15, 0.2) is 46.5 Å². The maximum absolute atomic E-state index is 10.5. The van der Waals surface area contributed by atoms with E-state index in [-0.39, 0.29) is 0 Å². The monoisotopic (exact) mass is 303 g/mol. The highest BCUT2D eigenvalue weighted by atomic mass is 35.5. The van der Waals surface area contributed by atoms with Gasteiger partial charge in [0.05, 0.1) is 6.21 Å². The summed E-state index contributed by atoms with van der Waals surface area (Å²) in [6.45, 7) is 0. The summed E-state index contributed by atoms with van der Waals surface area (Å²) in [5.41, 5.74) is 2.17. The molecular weight excluding hydrogens is 292 g/mol. The number of hydrogen-bond acceptors (Lipinski definition) is 5. The van der Waals surface area contributed by atoms with E-state index in [0.717, 1.165) is 16.1 Å². The number of halogens is 1. The van der Waals surface area contributed by atoms with Crippen LogP contribution in [0, 0.1) is 0 Å². The Morgan fingerprint density at radius 1 is 1.25 bits per heavy atom. The lowest BCUT2D eigenvalue weighted by Gasteiger charge is -2.27. The number of rotatable bonds is 2. The maximum atomic E-state index is 10.5. The van der Waals surface area contributed by atoms with Crippen molar-refractivity contribution in [1.29, 1.82) is 0 Å². The van der Waals surface area contributed by atoms with E-state index in [2.05, 4.69) is 10.1 Å². The van der Waals surface area contributed by atoms with Gasteiger partial charge in [-0.3, -0.25) is 4.92 Å². The van der Waals surface area contributed by atoms with E-state index in [0.29, 0.717) is 10.6 Å². The largest absolute Gasteiger partial charge is 0.474 e. The molecule has 0 bridgehead atoms. The Bertz CT molecular complexity index is 665. The fourth-order valence-electron chi connectivity index (χ4n) is 2.08. The molecule has 1 aromatic heterocycles. The minimum Gasteiger partial charge on any atom is -0.427 e. The molecule has 0 saturated heterocycles. The van der Waals surface area contributed by atoms with Gasteiger partial charge in [0.15, 0.2) is 0 Å². The van der Waals surface area contributed by atoms with Crippen molar-refractivity contribution in [2.75, 3.05) is 11.2 Å². The molecule has 1 aliphatic heterocycles. The smallest absolute Gasteiger partial charge is 0.427 e. The third kappa shape index (κ3) is 2.30. The molecular formula is C13H11BClN3OS. The third-order valence-electron chi connectivity index (χ3n) is 3.12. The van der Waals surface area contributed by atoms with Crippen molar-refractivity contribution in [2.24, 2.45) is 5.10 Å². The van der Waals surface area contributed by atoms with Crippen LogP contribution in [0.2, 0.25) is 5.15 Å². The molecule has 1 aliphatic rings. The van der Waals surface area contributed by atoms with Gasteiger partial charge in [-0.15, -0.1) is 11.8 Å². The summed E-state index contributed by atoms with van der Waals surface area (Å²) in [5, 5.41) is 15.0. The lowest BCUT2D eigenvalue weighted by atomic mass is 9.70. The number of pyridine rings is 1. The minimum atomic E-state index is -0.934. The number of hydrogen-bond donors (Lipinski definition) is 1. The molecule has 1 N–H and O–H groups in total. The van der Waals surface area contributed by atoms with Gasteiger partial charge in [-0.05, 0) is 42.2 Å². The number of anilines is 1. The van der Waals surface area contributed by atoms with Crippen molar-refractivity contribution in [1.82, 2.24) is 4.98 Å². The predicted molar refractivity (Wildman–Crippen MR) is 85.1 cm³/mol. The summed E-state index contributed by atoms with van der Waals surface area (Å²) in [6, 6.07) is 9.59. The van der Waals surface area contributed by atoms with Gasteiger partial charge < -0.3 is 5.02 Å². The van der Waals surface area contributed by atoms with Crippen molar-refractivity contribution in [2.45, 2.75) is 4.90 Å². The second kappa shape index (κ2) is 5.48. The highest BCUT2D eigenvalue weighted by Gasteiger charge is 2.32. The van der Waals surface area contributed by atoms with Gasteiger partial charge in [-0.2, -0.15) is 5.10 Å². The molecule has 0 aliphatic carbocycles. The quantitative estimate of drug-likeness (QED) is 0.524. The number of nitrogens with zero attached hydrogens (tertiary/aromatic N) is 3. The summed E-state index contributed by atoms with van der Waals surface area (Å²) < 4.78 is 0. The SMILES string of the molecule is CSc1ccc(N2N=Cc3ccnc(Cl)c3B2O)cc1. The van der Waals surface area contributed by atoms with Gasteiger partial charge in [-0.25, -0.2) is 4.98 Å². The Balaban J connectivity index is 1.99. The van der Waals surface area contributed by atoms with Gasteiger partial charge >= 0.3 is 7.05 Å². The van der Waals surface area contributed by atoms with Crippen molar-refractivity contribution >= 4 is 47.8 Å². The number of aromatic nitrogens is 1. The number of fused-ring (bicyclic) bond motifs is 1. The first-order chi connectivity index (χ1) is 9.70. The van der Waals surface area contributed by atoms with Crippen molar-refractivity contribution in [3.8, 4) is 0 Å². The molecule has 4 nitrogen and oxygen atoms in total.